The summed E-state index contributed by atoms with van der Waals surface area (Å²) >= 11 is 4.18. The van der Waals surface area contributed by atoms with Gasteiger partial charge in [-0.25, -0.2) is 0 Å². The quantitative estimate of drug-likeness (QED) is 0.0896. The van der Waals surface area contributed by atoms with E-state index in [4.69, 9.17) is 10.5 Å². The first-order valence-electron chi connectivity index (χ1n) is 13.5. The Morgan fingerprint density at radius 2 is 1.65 bits per heavy atom. The van der Waals surface area contributed by atoms with Crippen molar-refractivity contribution in [1.82, 2.24) is 16.0 Å². The lowest BCUT2D eigenvalue weighted by atomic mass is 9.78. The van der Waals surface area contributed by atoms with Gasteiger partial charge in [0.15, 0.2) is 0 Å². The van der Waals surface area contributed by atoms with E-state index in [1.165, 1.54) is 64.3 Å². The molecule has 0 radical (unpaired) electrons. The molecule has 7 N–H and O–H groups in total. The second-order valence-electron chi connectivity index (χ2n) is 8.59. The number of thiol groups is 1. The number of amides is 1. The molecule has 1 aliphatic rings. The number of primary amides is 1. The predicted molar refractivity (Wildman–Crippen MR) is 169 cm³/mol. The van der Waals surface area contributed by atoms with Crippen LogP contribution >= 0.6 is 12.6 Å². The summed E-state index contributed by atoms with van der Waals surface area (Å²) in [6.45, 7) is 16.2. The highest BCUT2D eigenvalue weighted by Crippen LogP contribution is 2.32. The minimum absolute atomic E-state index is 0.250. The molecule has 0 heterocycles. The van der Waals surface area contributed by atoms with Crippen LogP contribution in [-0.2, 0) is 4.79 Å². The highest BCUT2D eigenvalue weighted by molar-refractivity contribution is 7.84. The van der Waals surface area contributed by atoms with Crippen molar-refractivity contribution in [2.24, 2.45) is 23.3 Å². The van der Waals surface area contributed by atoms with Gasteiger partial charge in [-0.2, -0.15) is 0 Å². The molecule has 1 saturated carbocycles. The van der Waals surface area contributed by atoms with Gasteiger partial charge in [0.1, 0.15) is 0 Å². The maximum atomic E-state index is 8.58. The first kappa shape index (κ1) is 39.1. The molecule has 1 aliphatic carbocycles. The molecule has 0 bridgehead atoms. The van der Waals surface area contributed by atoms with Crippen molar-refractivity contribution in [3.63, 3.8) is 0 Å². The Hall–Kier alpha value is -2.38. The zero-order valence-electron chi connectivity index (χ0n) is 24.1. The van der Waals surface area contributed by atoms with Gasteiger partial charge in [-0.1, -0.05) is 95.7 Å². The van der Waals surface area contributed by atoms with E-state index in [1.54, 1.807) is 13.2 Å². The summed E-state index contributed by atoms with van der Waals surface area (Å²) in [5, 5.41) is 10.1. The molecule has 37 heavy (non-hydrogen) atoms. The average Bonchev–Trinajstić information content (AvgIpc) is 2.95. The lowest BCUT2D eigenvalue weighted by Gasteiger charge is -2.30. The number of benzene rings is 1. The van der Waals surface area contributed by atoms with E-state index in [0.29, 0.717) is 10.7 Å². The van der Waals surface area contributed by atoms with Crippen LogP contribution in [0.1, 0.15) is 77.2 Å². The third-order valence-electron chi connectivity index (χ3n) is 5.65. The Morgan fingerprint density at radius 3 is 2.11 bits per heavy atom. The molecular weight excluding hydrogens is 478 g/mol. The number of carbonyl (C=O) groups excluding carboxylic acids is 1. The highest BCUT2D eigenvalue weighted by atomic mass is 32.1. The molecule has 0 saturated heterocycles. The molecule has 1 aromatic rings. The fourth-order valence-electron chi connectivity index (χ4n) is 4.00. The van der Waals surface area contributed by atoms with E-state index < -0.39 is 0 Å². The molecule has 2 rings (SSSR count). The Bertz CT molecular complexity index is 649. The number of nitrogens with two attached hydrogens (primary N) is 2. The zero-order chi connectivity index (χ0) is 28.7. The van der Waals surface area contributed by atoms with Crippen LogP contribution in [0.15, 0.2) is 61.3 Å². The minimum atomic E-state index is 0.250. The Labute approximate surface area is 234 Å². The van der Waals surface area contributed by atoms with Crippen LogP contribution in [0.4, 0.5) is 0 Å². The maximum Gasteiger partial charge on any atom is 0.204 e. The molecule has 6 nitrogen and oxygen atoms in total. The summed E-state index contributed by atoms with van der Waals surface area (Å²) in [4.78, 5) is 8.58. The van der Waals surface area contributed by atoms with Crippen LogP contribution in [0.5, 0.6) is 0 Å². The van der Waals surface area contributed by atoms with E-state index in [9.17, 15) is 0 Å². The Morgan fingerprint density at radius 1 is 1.11 bits per heavy atom. The molecule has 214 valence electrons. The molecule has 7 heteroatoms. The van der Waals surface area contributed by atoms with E-state index in [-0.39, 0.29) is 6.41 Å². The third-order valence-corrected chi connectivity index (χ3v) is 6.11. The van der Waals surface area contributed by atoms with Crippen LogP contribution < -0.4 is 27.4 Å². The number of rotatable bonds is 11. The lowest BCUT2D eigenvalue weighted by molar-refractivity contribution is -0.106. The second-order valence-corrected chi connectivity index (χ2v) is 9.04. The molecule has 1 aromatic carbocycles. The number of hydrogen-bond acceptors (Lipinski definition) is 6. The number of hydrogen-bond donors (Lipinski definition) is 6. The molecule has 1 atom stereocenters. The third kappa shape index (κ3) is 23.8. The van der Waals surface area contributed by atoms with Crippen molar-refractivity contribution in [1.29, 1.82) is 0 Å². The summed E-state index contributed by atoms with van der Waals surface area (Å²) in [6, 6.07) is 9.73. The standard InChI is InChI=1S/C15H30N2.C9H12N2S.C3H8.C2H4.CH3NO/c1-3-17-12-8-7-11-15(13-16-2)14-9-5-4-6-10-14;1-11-9(12)8(10)7-5-3-2-4-6-7;1-3-2;1-2;2-1-3/h3,14-17H,1,4-13H2,2H3;2-6,11-12H,10H2,1H3;3H2,1-2H3;1-2H2;1H,(H2,2,3)/b;9-8-;;;. The van der Waals surface area contributed by atoms with Crippen molar-refractivity contribution in [2.75, 3.05) is 27.2 Å². The van der Waals surface area contributed by atoms with Gasteiger partial charge in [-0.3, -0.25) is 4.79 Å². The summed E-state index contributed by atoms with van der Waals surface area (Å²) in [7, 11) is 3.88. The Kier molecular flexibility index (Phi) is 33.5. The van der Waals surface area contributed by atoms with Crippen LogP contribution in [0.3, 0.4) is 0 Å². The Balaban J connectivity index is -0.000000502. The molecule has 1 fully saturated rings. The summed E-state index contributed by atoms with van der Waals surface area (Å²) in [6.07, 6.45) is 14.6. The van der Waals surface area contributed by atoms with E-state index in [1.807, 2.05) is 30.3 Å². The summed E-state index contributed by atoms with van der Waals surface area (Å²) in [5.41, 5.74) is 11.6. The van der Waals surface area contributed by atoms with Crippen molar-refractivity contribution in [3.05, 3.63) is 66.9 Å². The first-order chi connectivity index (χ1) is 18.0. The van der Waals surface area contributed by atoms with Gasteiger partial charge in [-0.05, 0) is 44.5 Å². The van der Waals surface area contributed by atoms with Gasteiger partial charge in [0.2, 0.25) is 6.41 Å². The van der Waals surface area contributed by atoms with Crippen LogP contribution in [-0.4, -0.2) is 33.6 Å². The minimum Gasteiger partial charge on any atom is -0.396 e. The SMILES string of the molecule is C=C.C=CNCCCCC(CNC)C1CCCCC1.CCC.CN/C(S)=C(/N)c1ccccc1.NC=O. The van der Waals surface area contributed by atoms with Gasteiger partial charge in [-0.15, -0.1) is 25.8 Å². The normalized spacial score (nSPS) is 13.5. The van der Waals surface area contributed by atoms with Crippen molar-refractivity contribution >= 4 is 24.7 Å². The smallest absolute Gasteiger partial charge is 0.204 e. The molecule has 0 aliphatic heterocycles. The molecule has 0 spiro atoms. The van der Waals surface area contributed by atoms with Crippen LogP contribution in [0.25, 0.3) is 5.70 Å². The van der Waals surface area contributed by atoms with Crippen LogP contribution in [0.2, 0.25) is 0 Å². The molecule has 0 aromatic heterocycles. The van der Waals surface area contributed by atoms with Gasteiger partial charge >= 0.3 is 0 Å². The van der Waals surface area contributed by atoms with E-state index >= 15 is 0 Å². The topological polar surface area (TPSA) is 105 Å². The monoisotopic (exact) mass is 535 g/mol. The summed E-state index contributed by atoms with van der Waals surface area (Å²) in [5.74, 6) is 1.90. The fraction of sp³-hybridized carbons (Fsp3) is 0.567. The number of carbonyl (C=O) groups is 1. The fourth-order valence-corrected chi connectivity index (χ4v) is 4.13. The molecular formula is C30H57N5OS. The largest absolute Gasteiger partial charge is 0.396 e. The summed E-state index contributed by atoms with van der Waals surface area (Å²) < 4.78 is 0. The lowest BCUT2D eigenvalue weighted by Crippen LogP contribution is -2.27. The first-order valence-corrected chi connectivity index (χ1v) is 14.0. The van der Waals surface area contributed by atoms with Gasteiger partial charge in [0, 0.05) is 19.2 Å². The maximum absolute atomic E-state index is 8.58. The highest BCUT2D eigenvalue weighted by Gasteiger charge is 2.22. The van der Waals surface area contributed by atoms with Crippen molar-refractivity contribution < 1.29 is 4.79 Å². The van der Waals surface area contributed by atoms with Gasteiger partial charge < -0.3 is 27.4 Å². The second kappa shape index (κ2) is 31.6. The number of unbranched alkanes of at least 4 members (excludes halogenated alkanes) is 1. The predicted octanol–water partition coefficient (Wildman–Crippen LogP) is 6.05. The van der Waals surface area contributed by atoms with Gasteiger partial charge in [0.05, 0.1) is 10.7 Å². The van der Waals surface area contributed by atoms with Crippen molar-refractivity contribution in [3.8, 4) is 0 Å². The molecule has 1 unspecified atom stereocenters. The van der Waals surface area contributed by atoms with E-state index in [0.717, 1.165) is 23.9 Å². The van der Waals surface area contributed by atoms with Crippen LogP contribution in [0, 0.1) is 11.8 Å². The van der Waals surface area contributed by atoms with Gasteiger partial charge in [0.25, 0.3) is 0 Å². The molecule has 1 amide bonds. The van der Waals surface area contributed by atoms with E-state index in [2.05, 4.69) is 74.9 Å². The van der Waals surface area contributed by atoms with Crippen molar-refractivity contribution in [2.45, 2.75) is 71.6 Å². The zero-order valence-corrected chi connectivity index (χ0v) is 25.0. The average molecular weight is 536 g/mol. The number of nitrogens with one attached hydrogen (secondary N) is 3.